The van der Waals surface area contributed by atoms with E-state index in [4.69, 9.17) is 29.8 Å². The number of phenolic OH excluding ortho intramolecular Hbond substituents is 2. The number of ether oxygens (including phenoxy) is 4. The van der Waals surface area contributed by atoms with E-state index in [2.05, 4.69) is 26.6 Å². The fraction of sp³-hybridized carbons (Fsp3) is 0.189. The third-order valence-corrected chi connectivity index (χ3v) is 19.6. The fourth-order valence-corrected chi connectivity index (χ4v) is 12.5. The average Bonchev–Trinajstić information content (AvgIpc) is 0.799. The summed E-state index contributed by atoms with van der Waals surface area (Å²) < 4.78 is 21.5. The van der Waals surface area contributed by atoms with Gasteiger partial charge in [0.25, 0.3) is 23.6 Å². The van der Waals surface area contributed by atoms with Crippen molar-refractivity contribution in [1.82, 2.24) is 0 Å². The SMILES string of the molecule is C/C(=C\c1ccc(C)cc1)C(=O)O.COc1c(NC(=O)c2ccc(NC(=O)c3ccc(CC(=O)[C@H](CC#N)CC(=O)c4ccc(CC(=O)/C(C)=C/c5ccc(O)cc5)cc4)cc3)c(OC)c2O)ccc(C(=O)O)c1O.COc1c(NC(=O)c2ccc(NC(=O)c3ccc(NC(=O)[C@H](CC#N)CC(=O)c4ccc(N)cc4)cc3)c(OC)c2C)ccc(C)c1C. The van der Waals surface area contributed by atoms with Gasteiger partial charge in [-0.2, -0.15) is 10.5 Å². The van der Waals surface area contributed by atoms with Gasteiger partial charge in [0.05, 0.1) is 74.8 Å². The Morgan fingerprint density at radius 2 is 0.821 bits per heavy atom. The maximum atomic E-state index is 13.3. The number of aromatic hydroxyl groups is 3. The molecule has 28 heteroatoms. The first-order chi connectivity index (χ1) is 58.7. The molecule has 0 spiro atoms. The quantitative estimate of drug-likeness (QED) is 0.0106. The second-order valence-electron chi connectivity index (χ2n) is 28.3. The summed E-state index contributed by atoms with van der Waals surface area (Å²) in [5.74, 6) is -8.82. The maximum Gasteiger partial charge on any atom is 0.339 e. The number of hydrogen-bond donors (Lipinski definition) is 11. The van der Waals surface area contributed by atoms with Gasteiger partial charge in [-0.05, 0) is 208 Å². The summed E-state index contributed by atoms with van der Waals surface area (Å²) in [6.07, 6.45) is 2.70. The fourth-order valence-electron chi connectivity index (χ4n) is 12.5. The highest BCUT2D eigenvalue weighted by Gasteiger charge is 2.29. The molecule has 28 nitrogen and oxygen atoms in total. The lowest BCUT2D eigenvalue weighted by molar-refractivity contribution is -0.132. The van der Waals surface area contributed by atoms with Crippen LogP contribution >= 0.6 is 0 Å². The van der Waals surface area contributed by atoms with Gasteiger partial charge in [-0.25, -0.2) is 9.59 Å². The Bertz CT molecular complexity index is 5810. The zero-order valence-corrected chi connectivity index (χ0v) is 68.9. The number of amides is 5. The van der Waals surface area contributed by atoms with E-state index in [9.17, 15) is 83.7 Å². The number of Topliss-reactive ketones (excluding diaryl/α,β-unsaturated/α-hetero) is 4. The third-order valence-electron chi connectivity index (χ3n) is 19.6. The molecule has 0 saturated carbocycles. The number of carbonyl (C=O) groups excluding carboxylic acids is 9. The predicted octanol–water partition coefficient (Wildman–Crippen LogP) is 16.1. The molecule has 0 aromatic heterocycles. The molecule has 0 heterocycles. The average molecular weight is 1660 g/mol. The lowest BCUT2D eigenvalue weighted by Crippen LogP contribution is -2.25. The number of carboxylic acid groups (broad SMARTS) is 2. The number of aliphatic carboxylic acids is 1. The smallest absolute Gasteiger partial charge is 0.339 e. The van der Waals surface area contributed by atoms with E-state index in [1.165, 1.54) is 74.4 Å². The number of methoxy groups -OCH3 is 4. The molecule has 0 aliphatic carbocycles. The number of nitrogens with one attached hydrogen (secondary N) is 5. The minimum absolute atomic E-state index is 0.00760. The highest BCUT2D eigenvalue weighted by Crippen LogP contribution is 2.42. The van der Waals surface area contributed by atoms with E-state index in [1.807, 2.05) is 63.2 Å². The first-order valence-corrected chi connectivity index (χ1v) is 38.1. The van der Waals surface area contributed by atoms with Crippen molar-refractivity contribution in [2.24, 2.45) is 11.8 Å². The Balaban J connectivity index is 0.000000272. The van der Waals surface area contributed by atoms with Gasteiger partial charge in [0.2, 0.25) is 5.91 Å². The number of anilines is 6. The van der Waals surface area contributed by atoms with Crippen molar-refractivity contribution in [3.63, 3.8) is 0 Å². The summed E-state index contributed by atoms with van der Waals surface area (Å²) in [7, 11) is 5.37. The number of allylic oxidation sites excluding steroid dienone is 1. The van der Waals surface area contributed by atoms with Gasteiger partial charge in [-0.3, -0.25) is 43.2 Å². The van der Waals surface area contributed by atoms with Crippen LogP contribution in [0.15, 0.2) is 205 Å². The number of benzene rings is 10. The topological polar surface area (TPSA) is 460 Å². The number of phenols is 3. The zero-order chi connectivity index (χ0) is 89.9. The molecule has 123 heavy (non-hydrogen) atoms. The summed E-state index contributed by atoms with van der Waals surface area (Å²) in [5.41, 5.74) is 15.6. The molecule has 10 aromatic rings. The highest BCUT2D eigenvalue weighted by atomic mass is 16.5. The molecular weight excluding hydrogens is 1570 g/mol. The van der Waals surface area contributed by atoms with Crippen molar-refractivity contribution in [3.05, 3.63) is 289 Å². The van der Waals surface area contributed by atoms with E-state index in [0.717, 1.165) is 35.4 Å². The van der Waals surface area contributed by atoms with Crippen molar-refractivity contribution in [1.29, 1.82) is 10.5 Å². The molecule has 0 fully saturated rings. The zero-order valence-electron chi connectivity index (χ0n) is 68.9. The molecule has 10 rings (SSSR count). The number of nitriles is 2. The number of carbonyl (C=O) groups is 11. The minimum atomic E-state index is -1.42. The number of hydrogen-bond acceptors (Lipinski definition) is 21. The normalized spacial score (nSPS) is 11.3. The van der Waals surface area contributed by atoms with E-state index < -0.39 is 64.5 Å². The van der Waals surface area contributed by atoms with Gasteiger partial charge in [0.15, 0.2) is 40.3 Å². The van der Waals surface area contributed by atoms with Crippen LogP contribution in [-0.4, -0.2) is 119 Å². The molecule has 0 bridgehead atoms. The van der Waals surface area contributed by atoms with Crippen molar-refractivity contribution < 1.29 is 97.2 Å². The first-order valence-electron chi connectivity index (χ1n) is 38.1. The molecule has 10 aromatic carbocycles. The molecule has 0 unspecified atom stereocenters. The van der Waals surface area contributed by atoms with Gasteiger partial charge < -0.3 is 76.8 Å². The molecule has 0 radical (unpaired) electrons. The number of aryl methyl sites for hydroxylation is 2. The number of carboxylic acids is 2. The van der Waals surface area contributed by atoms with Crippen molar-refractivity contribution in [3.8, 4) is 52.4 Å². The van der Waals surface area contributed by atoms with Crippen LogP contribution in [0.3, 0.4) is 0 Å². The Kier molecular flexibility index (Phi) is 32.7. The number of rotatable bonds is 32. The second kappa shape index (κ2) is 43.5. The van der Waals surface area contributed by atoms with Gasteiger partial charge in [0.1, 0.15) is 28.6 Å². The van der Waals surface area contributed by atoms with Crippen LogP contribution in [0.4, 0.5) is 34.1 Å². The summed E-state index contributed by atoms with van der Waals surface area (Å²) in [6.45, 7) is 10.9. The minimum Gasteiger partial charge on any atom is -0.508 e. The standard InChI is InChI=1S/C47H41N3O12.C37H37N5O6.C11H12O2/c1-26(22-27-8-14-33(51)15-9-27)38(52)23-28-4-10-30(11-5-28)40(54)25-32(20-21-48)39(53)24-29-6-12-31(13-7-29)45(57)49-36-18-16-34(41(55)43(36)61-2)46(58)50-37-19-17-35(47(59)60)42(56)44(37)62-3;1-21-6-16-30(33(47-4)22(21)2)42-37(46)29-15-17-31(34(48-5)23(29)3)41-35(44)25-9-13-28(14-10-25)40-36(45)26(18-19-38)20-32(43)24-7-11-27(39)12-8-24;1-8-3-5-10(6-4-8)7-9(2)11(12)13/h4-19,22,32,51,55-56H,20,23-25H2,1-3H3,(H,49,57)(H,50,58)(H,59,60);6-17,26H,18,20,39H2,1-5H3,(H,40,45)(H,41,44)(H,42,46);3-7H,1-2H3,(H,12,13)/b26-22+;;9-7+/t32-;26-;/m11./s1. The van der Waals surface area contributed by atoms with E-state index in [-0.39, 0.29) is 107 Å². The molecule has 630 valence electrons. The summed E-state index contributed by atoms with van der Waals surface area (Å²) >= 11 is 0. The van der Waals surface area contributed by atoms with Gasteiger partial charge >= 0.3 is 11.9 Å². The van der Waals surface area contributed by atoms with Crippen LogP contribution in [0.1, 0.15) is 157 Å². The number of nitrogen functional groups attached to an aromatic ring is 1. The molecule has 12 N–H and O–H groups in total. The van der Waals surface area contributed by atoms with Crippen LogP contribution in [0.5, 0.6) is 40.2 Å². The van der Waals surface area contributed by atoms with Crippen LogP contribution < -0.4 is 51.3 Å². The highest BCUT2D eigenvalue weighted by molar-refractivity contribution is 6.12. The Morgan fingerprint density at radius 3 is 1.32 bits per heavy atom. The van der Waals surface area contributed by atoms with Crippen molar-refractivity contribution >= 4 is 111 Å². The largest absolute Gasteiger partial charge is 0.508 e. The summed E-state index contributed by atoms with van der Waals surface area (Å²) in [6, 6.07) is 54.8. The van der Waals surface area contributed by atoms with Gasteiger partial charge in [-0.15, -0.1) is 0 Å². The molecule has 0 aliphatic rings. The monoisotopic (exact) mass is 1660 g/mol. The van der Waals surface area contributed by atoms with E-state index in [1.54, 1.807) is 143 Å². The Hall–Kier alpha value is -16.0. The summed E-state index contributed by atoms with van der Waals surface area (Å²) in [4.78, 5) is 140. The van der Waals surface area contributed by atoms with Crippen molar-refractivity contribution in [2.75, 3.05) is 60.8 Å². The molecular formula is C95H90N8O20. The number of ketones is 4. The number of aromatic carboxylic acids is 1. The predicted molar refractivity (Wildman–Crippen MR) is 464 cm³/mol. The van der Waals surface area contributed by atoms with E-state index >= 15 is 0 Å². The van der Waals surface area contributed by atoms with Crippen LogP contribution in [0.2, 0.25) is 0 Å². The van der Waals surface area contributed by atoms with Gasteiger partial charge in [-0.1, -0.05) is 84.4 Å². The summed E-state index contributed by atoms with van der Waals surface area (Å²) in [5, 5.41) is 80.8. The van der Waals surface area contributed by atoms with Crippen molar-refractivity contribution in [2.45, 2.75) is 80.1 Å². The van der Waals surface area contributed by atoms with Gasteiger partial charge in [0, 0.05) is 94.8 Å². The molecule has 5 amide bonds. The first kappa shape index (κ1) is 92.5. The van der Waals surface area contributed by atoms with Crippen LogP contribution in [-0.2, 0) is 32.0 Å². The molecule has 0 aliphatic heterocycles. The Morgan fingerprint density at radius 1 is 0.423 bits per heavy atom. The van der Waals surface area contributed by atoms with E-state index in [0.29, 0.717) is 84.3 Å². The number of nitrogens with zero attached hydrogens (tertiary/aromatic N) is 2. The Labute approximate surface area is 708 Å². The lowest BCUT2D eigenvalue weighted by atomic mass is 9.89. The third kappa shape index (κ3) is 25.0. The lowest BCUT2D eigenvalue weighted by Gasteiger charge is -2.18. The molecule has 0 saturated heterocycles. The van der Waals surface area contributed by atoms with Crippen LogP contribution in [0, 0.1) is 62.2 Å². The maximum absolute atomic E-state index is 13.3. The molecule has 2 atom stereocenters. The number of nitrogens with two attached hydrogens (primary N) is 1. The van der Waals surface area contributed by atoms with Crippen LogP contribution in [0.25, 0.3) is 12.2 Å². The second-order valence-corrected chi connectivity index (χ2v) is 28.3.